The lowest BCUT2D eigenvalue weighted by atomic mass is 10.3. The van der Waals surface area contributed by atoms with Gasteiger partial charge in [0.25, 0.3) is 5.91 Å². The largest absolute Gasteiger partial charge is 0.335 e. The fourth-order valence-corrected chi connectivity index (χ4v) is 2.95. The molecule has 9 heteroatoms. The Kier molecular flexibility index (Phi) is 4.41. The molecule has 20 heavy (non-hydrogen) atoms. The van der Waals surface area contributed by atoms with Crippen molar-refractivity contribution >= 4 is 15.9 Å². The maximum atomic E-state index is 12.2. The molecule has 1 aromatic rings. The molecule has 0 radical (unpaired) electrons. The first-order valence-corrected chi connectivity index (χ1v) is 8.23. The number of imidazole rings is 1. The molecule has 0 bridgehead atoms. The van der Waals surface area contributed by atoms with E-state index < -0.39 is 10.0 Å². The highest BCUT2D eigenvalue weighted by Crippen LogP contribution is 2.09. The molecular formula is C11H19N5O3S. The molecule has 1 aliphatic heterocycles. The average Bonchev–Trinajstić information content (AvgIpc) is 2.86. The molecule has 1 aliphatic rings. The monoisotopic (exact) mass is 301 g/mol. The van der Waals surface area contributed by atoms with Gasteiger partial charge in [-0.05, 0) is 0 Å². The number of sulfonamides is 1. The van der Waals surface area contributed by atoms with Gasteiger partial charge in [0, 0.05) is 45.5 Å². The molecule has 0 aliphatic carbocycles. The van der Waals surface area contributed by atoms with Crippen molar-refractivity contribution in [3.8, 4) is 0 Å². The lowest BCUT2D eigenvalue weighted by Gasteiger charge is -2.32. The van der Waals surface area contributed by atoms with Crippen molar-refractivity contribution in [3.63, 3.8) is 0 Å². The normalized spacial score (nSPS) is 17.4. The third kappa shape index (κ3) is 3.35. The SMILES string of the molecule is CS(=O)(=O)N1CCN(C(=O)c2cn(CCN)cn2)CC1. The van der Waals surface area contributed by atoms with Crippen LogP contribution in [0.3, 0.4) is 0 Å². The van der Waals surface area contributed by atoms with Crippen LogP contribution in [0.25, 0.3) is 0 Å². The minimum atomic E-state index is -3.18. The number of hydrogen-bond donors (Lipinski definition) is 1. The van der Waals surface area contributed by atoms with Crippen molar-refractivity contribution in [3.05, 3.63) is 18.2 Å². The zero-order valence-corrected chi connectivity index (χ0v) is 12.2. The number of aromatic nitrogens is 2. The zero-order valence-electron chi connectivity index (χ0n) is 11.4. The first kappa shape index (κ1) is 14.9. The molecule has 1 aromatic heterocycles. The molecule has 2 N–H and O–H groups in total. The number of hydrogen-bond acceptors (Lipinski definition) is 5. The summed E-state index contributed by atoms with van der Waals surface area (Å²) in [6.45, 7) is 2.52. The molecule has 0 aromatic carbocycles. The van der Waals surface area contributed by atoms with Gasteiger partial charge in [0.05, 0.1) is 12.6 Å². The number of carbonyl (C=O) groups is 1. The number of rotatable bonds is 4. The van der Waals surface area contributed by atoms with Crippen LogP contribution in [-0.2, 0) is 16.6 Å². The molecule has 1 saturated heterocycles. The standard InChI is InChI=1S/C11H19N5O3S/c1-20(18,19)16-6-4-15(5-7-16)11(17)10-8-14(3-2-12)9-13-10/h8-9H,2-7,12H2,1H3. The van der Waals surface area contributed by atoms with Crippen LogP contribution in [-0.4, -0.2) is 72.1 Å². The van der Waals surface area contributed by atoms with Gasteiger partial charge in [-0.2, -0.15) is 4.31 Å². The molecule has 0 saturated carbocycles. The van der Waals surface area contributed by atoms with E-state index in [0.717, 1.165) is 0 Å². The second-order valence-corrected chi connectivity index (χ2v) is 6.72. The van der Waals surface area contributed by atoms with Crippen LogP contribution in [0.4, 0.5) is 0 Å². The van der Waals surface area contributed by atoms with Gasteiger partial charge >= 0.3 is 0 Å². The van der Waals surface area contributed by atoms with Crippen molar-refractivity contribution in [2.24, 2.45) is 5.73 Å². The van der Waals surface area contributed by atoms with Crippen LogP contribution in [0.2, 0.25) is 0 Å². The second-order valence-electron chi connectivity index (χ2n) is 4.74. The molecule has 2 heterocycles. The summed E-state index contributed by atoms with van der Waals surface area (Å²) in [4.78, 5) is 17.9. The van der Waals surface area contributed by atoms with E-state index in [2.05, 4.69) is 4.98 Å². The van der Waals surface area contributed by atoms with E-state index in [1.807, 2.05) is 0 Å². The highest BCUT2D eigenvalue weighted by Gasteiger charge is 2.27. The van der Waals surface area contributed by atoms with E-state index in [9.17, 15) is 13.2 Å². The lowest BCUT2D eigenvalue weighted by molar-refractivity contribution is 0.0692. The number of piperazine rings is 1. The molecule has 8 nitrogen and oxygen atoms in total. The third-order valence-electron chi connectivity index (χ3n) is 3.23. The summed E-state index contributed by atoms with van der Waals surface area (Å²) in [5.41, 5.74) is 5.81. The van der Waals surface area contributed by atoms with Crippen LogP contribution in [0.1, 0.15) is 10.5 Å². The summed E-state index contributed by atoms with van der Waals surface area (Å²) in [6.07, 6.45) is 4.42. The Bertz CT molecular complexity index is 575. The molecule has 0 unspecified atom stereocenters. The van der Waals surface area contributed by atoms with Crippen molar-refractivity contribution in [2.75, 3.05) is 39.0 Å². The van der Waals surface area contributed by atoms with E-state index >= 15 is 0 Å². The molecule has 1 amide bonds. The van der Waals surface area contributed by atoms with Crippen LogP contribution in [0.5, 0.6) is 0 Å². The Morgan fingerprint density at radius 3 is 2.55 bits per heavy atom. The third-order valence-corrected chi connectivity index (χ3v) is 4.54. The van der Waals surface area contributed by atoms with Gasteiger partial charge in [0.15, 0.2) is 0 Å². The summed E-state index contributed by atoms with van der Waals surface area (Å²) in [5.74, 6) is -0.172. The van der Waals surface area contributed by atoms with Gasteiger partial charge in [0.2, 0.25) is 10.0 Å². The van der Waals surface area contributed by atoms with Crippen molar-refractivity contribution in [1.29, 1.82) is 0 Å². The Hall–Kier alpha value is -1.45. The van der Waals surface area contributed by atoms with Crippen molar-refractivity contribution in [1.82, 2.24) is 18.8 Å². The maximum Gasteiger partial charge on any atom is 0.274 e. The van der Waals surface area contributed by atoms with Gasteiger partial charge < -0.3 is 15.2 Å². The van der Waals surface area contributed by atoms with Crippen molar-refractivity contribution in [2.45, 2.75) is 6.54 Å². The molecule has 0 atom stereocenters. The van der Waals surface area contributed by atoms with Crippen LogP contribution >= 0.6 is 0 Å². The summed E-state index contributed by atoms with van der Waals surface area (Å²) >= 11 is 0. The van der Waals surface area contributed by atoms with Gasteiger partial charge in [-0.1, -0.05) is 0 Å². The van der Waals surface area contributed by atoms with E-state index in [4.69, 9.17) is 5.73 Å². The molecule has 0 spiro atoms. The number of amides is 1. The predicted molar refractivity (Wildman–Crippen MR) is 73.6 cm³/mol. The van der Waals surface area contributed by atoms with Gasteiger partial charge in [-0.25, -0.2) is 13.4 Å². The van der Waals surface area contributed by atoms with E-state index in [1.54, 1.807) is 22.0 Å². The van der Waals surface area contributed by atoms with E-state index in [-0.39, 0.29) is 5.91 Å². The average molecular weight is 301 g/mol. The molecule has 1 fully saturated rings. The van der Waals surface area contributed by atoms with Crippen LogP contribution < -0.4 is 5.73 Å². The van der Waals surface area contributed by atoms with Crippen LogP contribution in [0, 0.1) is 0 Å². The Morgan fingerprint density at radius 2 is 2.00 bits per heavy atom. The topological polar surface area (TPSA) is 102 Å². The Labute approximate surface area is 118 Å². The zero-order chi connectivity index (χ0) is 14.8. The Morgan fingerprint density at radius 1 is 1.35 bits per heavy atom. The quantitative estimate of drug-likeness (QED) is 0.734. The summed E-state index contributed by atoms with van der Waals surface area (Å²) in [7, 11) is -3.18. The smallest absolute Gasteiger partial charge is 0.274 e. The first-order valence-electron chi connectivity index (χ1n) is 6.38. The molecular weight excluding hydrogens is 282 g/mol. The fourth-order valence-electron chi connectivity index (χ4n) is 2.13. The minimum Gasteiger partial charge on any atom is -0.335 e. The maximum absolute atomic E-state index is 12.2. The Balaban J connectivity index is 1.97. The van der Waals surface area contributed by atoms with Gasteiger partial charge in [-0.3, -0.25) is 4.79 Å². The molecule has 2 rings (SSSR count). The highest BCUT2D eigenvalue weighted by molar-refractivity contribution is 7.88. The second kappa shape index (κ2) is 5.90. The summed E-state index contributed by atoms with van der Waals surface area (Å²) in [5, 5.41) is 0. The first-order chi connectivity index (χ1) is 9.41. The summed E-state index contributed by atoms with van der Waals surface area (Å²) < 4.78 is 25.9. The fraction of sp³-hybridized carbons (Fsp3) is 0.636. The lowest BCUT2D eigenvalue weighted by Crippen LogP contribution is -2.50. The van der Waals surface area contributed by atoms with Crippen LogP contribution in [0.15, 0.2) is 12.5 Å². The minimum absolute atomic E-state index is 0.172. The predicted octanol–water partition coefficient (Wildman–Crippen LogP) is -1.44. The number of nitrogens with two attached hydrogens (primary N) is 1. The highest BCUT2D eigenvalue weighted by atomic mass is 32.2. The summed E-state index contributed by atoms with van der Waals surface area (Å²) in [6, 6.07) is 0. The van der Waals surface area contributed by atoms with Crippen molar-refractivity contribution < 1.29 is 13.2 Å². The van der Waals surface area contributed by atoms with Gasteiger partial charge in [-0.15, -0.1) is 0 Å². The number of nitrogens with zero attached hydrogens (tertiary/aromatic N) is 4. The van der Waals surface area contributed by atoms with E-state index in [1.165, 1.54) is 10.6 Å². The number of carbonyl (C=O) groups excluding carboxylic acids is 1. The molecule has 112 valence electrons. The van der Waals surface area contributed by atoms with Gasteiger partial charge in [0.1, 0.15) is 5.69 Å². The van der Waals surface area contributed by atoms with E-state index in [0.29, 0.717) is 45.0 Å².